The van der Waals surface area contributed by atoms with E-state index in [9.17, 15) is 0 Å². The molecular formula is C7H15NS. The van der Waals surface area contributed by atoms with Crippen molar-refractivity contribution in [3.8, 4) is 0 Å². The van der Waals surface area contributed by atoms with Crippen LogP contribution in [0.2, 0.25) is 0 Å². The summed E-state index contributed by atoms with van der Waals surface area (Å²) >= 11 is 2.09. The van der Waals surface area contributed by atoms with Crippen LogP contribution in [0.15, 0.2) is 0 Å². The second kappa shape index (κ2) is 3.47. The van der Waals surface area contributed by atoms with Gasteiger partial charge in [0.05, 0.1) is 0 Å². The highest BCUT2D eigenvalue weighted by Gasteiger charge is 2.18. The van der Waals surface area contributed by atoms with Crippen LogP contribution in [-0.4, -0.2) is 23.6 Å². The third-order valence-corrected chi connectivity index (χ3v) is 3.19. The Balaban J connectivity index is 2.30. The van der Waals surface area contributed by atoms with Gasteiger partial charge in [-0.1, -0.05) is 13.8 Å². The van der Waals surface area contributed by atoms with E-state index in [1.54, 1.807) is 0 Å². The van der Waals surface area contributed by atoms with Gasteiger partial charge in [-0.2, -0.15) is 11.8 Å². The molecule has 0 radical (unpaired) electrons. The predicted molar refractivity (Wildman–Crippen MR) is 44.0 cm³/mol. The molecule has 1 N–H and O–H groups in total. The van der Waals surface area contributed by atoms with Crippen molar-refractivity contribution in [1.29, 1.82) is 0 Å². The highest BCUT2D eigenvalue weighted by molar-refractivity contribution is 8.00. The molecule has 1 heterocycles. The summed E-state index contributed by atoms with van der Waals surface area (Å²) < 4.78 is 0. The summed E-state index contributed by atoms with van der Waals surface area (Å²) in [7, 11) is 0. The summed E-state index contributed by atoms with van der Waals surface area (Å²) in [5.74, 6) is 1.29. The van der Waals surface area contributed by atoms with Gasteiger partial charge in [0, 0.05) is 23.6 Å². The van der Waals surface area contributed by atoms with E-state index in [1.165, 1.54) is 18.7 Å². The van der Waals surface area contributed by atoms with Crippen LogP contribution in [0.5, 0.6) is 0 Å². The maximum absolute atomic E-state index is 3.50. The van der Waals surface area contributed by atoms with E-state index in [-0.39, 0.29) is 0 Å². The molecule has 1 aliphatic rings. The molecule has 0 amide bonds. The lowest BCUT2D eigenvalue weighted by molar-refractivity contribution is 0.498. The lowest BCUT2D eigenvalue weighted by Gasteiger charge is -2.28. The van der Waals surface area contributed by atoms with Crippen LogP contribution in [-0.2, 0) is 0 Å². The van der Waals surface area contributed by atoms with Gasteiger partial charge in [0.15, 0.2) is 0 Å². The lowest BCUT2D eigenvalue weighted by Crippen LogP contribution is -2.41. The van der Waals surface area contributed by atoms with Crippen LogP contribution < -0.4 is 5.32 Å². The fourth-order valence-corrected chi connectivity index (χ4v) is 2.38. The molecule has 1 rings (SSSR count). The van der Waals surface area contributed by atoms with E-state index in [2.05, 4.69) is 30.9 Å². The molecule has 0 aromatic carbocycles. The first-order valence-corrected chi connectivity index (χ1v) is 4.74. The smallest absolute Gasteiger partial charge is 0.0181 e. The first kappa shape index (κ1) is 7.42. The minimum Gasteiger partial charge on any atom is -0.312 e. The van der Waals surface area contributed by atoms with Crippen LogP contribution >= 0.6 is 11.8 Å². The second-order valence-electron chi connectivity index (χ2n) is 2.54. The number of hydrogen-bond donors (Lipinski definition) is 1. The van der Waals surface area contributed by atoms with Gasteiger partial charge in [0.25, 0.3) is 0 Å². The molecule has 0 saturated carbocycles. The first-order valence-electron chi connectivity index (χ1n) is 3.69. The van der Waals surface area contributed by atoms with Gasteiger partial charge in [-0.25, -0.2) is 0 Å². The zero-order valence-electron chi connectivity index (χ0n) is 6.18. The number of nitrogens with one attached hydrogen (secondary N) is 1. The number of hydrogen-bond acceptors (Lipinski definition) is 2. The van der Waals surface area contributed by atoms with Crippen molar-refractivity contribution in [1.82, 2.24) is 5.32 Å². The molecule has 0 bridgehead atoms. The van der Waals surface area contributed by atoms with Crippen LogP contribution in [0.25, 0.3) is 0 Å². The molecule has 0 spiro atoms. The normalized spacial score (nSPS) is 36.7. The first-order chi connectivity index (χ1) is 4.34. The molecule has 1 nitrogen and oxygen atoms in total. The molecule has 0 aliphatic carbocycles. The van der Waals surface area contributed by atoms with Crippen molar-refractivity contribution in [3.05, 3.63) is 0 Å². The van der Waals surface area contributed by atoms with E-state index < -0.39 is 0 Å². The SMILES string of the molecule is CCC1NCCS[C@H]1C. The molecule has 54 valence electrons. The van der Waals surface area contributed by atoms with Gasteiger partial charge in [-0.15, -0.1) is 0 Å². The Morgan fingerprint density at radius 2 is 2.44 bits per heavy atom. The summed E-state index contributed by atoms with van der Waals surface area (Å²) in [5.41, 5.74) is 0. The quantitative estimate of drug-likeness (QED) is 0.600. The van der Waals surface area contributed by atoms with E-state index in [1.807, 2.05) is 0 Å². The van der Waals surface area contributed by atoms with Crippen molar-refractivity contribution in [3.63, 3.8) is 0 Å². The summed E-state index contributed by atoms with van der Waals surface area (Å²) in [6.45, 7) is 5.76. The number of rotatable bonds is 1. The van der Waals surface area contributed by atoms with Crippen LogP contribution in [0.3, 0.4) is 0 Å². The van der Waals surface area contributed by atoms with Gasteiger partial charge in [-0.05, 0) is 6.42 Å². The highest BCUT2D eigenvalue weighted by atomic mass is 32.2. The Labute approximate surface area is 61.6 Å². The maximum atomic E-state index is 3.50. The Morgan fingerprint density at radius 3 is 2.89 bits per heavy atom. The molecule has 1 unspecified atom stereocenters. The largest absolute Gasteiger partial charge is 0.312 e. The molecule has 9 heavy (non-hydrogen) atoms. The Kier molecular flexibility index (Phi) is 2.86. The van der Waals surface area contributed by atoms with Gasteiger partial charge in [0.2, 0.25) is 0 Å². The minimum atomic E-state index is 0.767. The van der Waals surface area contributed by atoms with Crippen molar-refractivity contribution in [2.45, 2.75) is 31.6 Å². The van der Waals surface area contributed by atoms with Gasteiger partial charge in [0.1, 0.15) is 0 Å². The van der Waals surface area contributed by atoms with Crippen LogP contribution in [0, 0.1) is 0 Å². The minimum absolute atomic E-state index is 0.767. The predicted octanol–water partition coefficient (Wildman–Crippen LogP) is 1.49. The van der Waals surface area contributed by atoms with E-state index >= 15 is 0 Å². The molecule has 2 heteroatoms. The molecular weight excluding hydrogens is 130 g/mol. The lowest BCUT2D eigenvalue weighted by atomic mass is 10.1. The third-order valence-electron chi connectivity index (χ3n) is 1.90. The average molecular weight is 145 g/mol. The van der Waals surface area contributed by atoms with E-state index in [0.717, 1.165) is 11.3 Å². The van der Waals surface area contributed by atoms with E-state index in [0.29, 0.717) is 0 Å². The summed E-state index contributed by atoms with van der Waals surface area (Å²) in [5, 5.41) is 4.32. The van der Waals surface area contributed by atoms with Crippen molar-refractivity contribution in [2.24, 2.45) is 0 Å². The van der Waals surface area contributed by atoms with Crippen molar-refractivity contribution >= 4 is 11.8 Å². The van der Waals surface area contributed by atoms with Gasteiger partial charge >= 0.3 is 0 Å². The molecule has 2 atom stereocenters. The Bertz CT molecular complexity index is 85.0. The fourth-order valence-electron chi connectivity index (χ4n) is 1.25. The second-order valence-corrected chi connectivity index (χ2v) is 4.03. The van der Waals surface area contributed by atoms with Crippen molar-refractivity contribution < 1.29 is 0 Å². The molecule has 1 aliphatic heterocycles. The molecule has 0 aromatic rings. The molecule has 1 fully saturated rings. The molecule has 1 saturated heterocycles. The van der Waals surface area contributed by atoms with Gasteiger partial charge < -0.3 is 5.32 Å². The van der Waals surface area contributed by atoms with Crippen molar-refractivity contribution in [2.75, 3.05) is 12.3 Å². The highest BCUT2D eigenvalue weighted by Crippen LogP contribution is 2.19. The Hall–Kier alpha value is 0.310. The summed E-state index contributed by atoms with van der Waals surface area (Å²) in [6.07, 6.45) is 1.27. The monoisotopic (exact) mass is 145 g/mol. The van der Waals surface area contributed by atoms with Gasteiger partial charge in [-0.3, -0.25) is 0 Å². The topological polar surface area (TPSA) is 12.0 Å². The fraction of sp³-hybridized carbons (Fsp3) is 1.00. The zero-order valence-corrected chi connectivity index (χ0v) is 7.00. The van der Waals surface area contributed by atoms with E-state index in [4.69, 9.17) is 0 Å². The zero-order chi connectivity index (χ0) is 6.69. The van der Waals surface area contributed by atoms with Crippen LogP contribution in [0.1, 0.15) is 20.3 Å². The summed E-state index contributed by atoms with van der Waals surface area (Å²) in [4.78, 5) is 0. The maximum Gasteiger partial charge on any atom is 0.0181 e. The Morgan fingerprint density at radius 1 is 1.67 bits per heavy atom. The summed E-state index contributed by atoms with van der Waals surface area (Å²) in [6, 6.07) is 0.767. The average Bonchev–Trinajstić information content (AvgIpc) is 1.89. The number of thioether (sulfide) groups is 1. The third kappa shape index (κ3) is 1.87. The van der Waals surface area contributed by atoms with Crippen LogP contribution in [0.4, 0.5) is 0 Å². The molecule has 0 aromatic heterocycles. The standard InChI is InChI=1S/C7H15NS/c1-3-7-6(2)9-5-4-8-7/h6-8H,3-5H2,1-2H3/t6-,7?/m0/s1.